The first-order valence-corrected chi connectivity index (χ1v) is 9.78. The SMILES string of the molecule is Cc1nnc(CNC(=NCc2ccccc2)N(C)Cc2ccc(C(F)(F)F)cc2)n1C.I. The first kappa shape index (κ1) is 25.6. The molecule has 1 aromatic heterocycles. The lowest BCUT2D eigenvalue weighted by atomic mass is 10.1. The average molecular weight is 558 g/mol. The minimum absolute atomic E-state index is 0. The van der Waals surface area contributed by atoms with Gasteiger partial charge < -0.3 is 14.8 Å². The molecule has 0 fully saturated rings. The van der Waals surface area contributed by atoms with Crippen LogP contribution in [0.25, 0.3) is 0 Å². The fraction of sp³-hybridized carbons (Fsp3) is 0.318. The molecule has 2 aromatic carbocycles. The van der Waals surface area contributed by atoms with E-state index in [4.69, 9.17) is 4.99 Å². The van der Waals surface area contributed by atoms with Crippen LogP contribution in [0.15, 0.2) is 59.6 Å². The third-order valence-corrected chi connectivity index (χ3v) is 4.90. The van der Waals surface area contributed by atoms with E-state index in [1.807, 2.05) is 60.8 Å². The first-order chi connectivity index (χ1) is 14.7. The van der Waals surface area contributed by atoms with Crippen molar-refractivity contribution in [2.75, 3.05) is 7.05 Å². The molecule has 3 rings (SSSR count). The Balaban J connectivity index is 0.00000363. The van der Waals surface area contributed by atoms with Crippen LogP contribution in [0, 0.1) is 6.92 Å². The molecular weight excluding hydrogens is 532 g/mol. The topological polar surface area (TPSA) is 58.3 Å². The van der Waals surface area contributed by atoms with E-state index in [0.29, 0.717) is 25.6 Å². The number of aliphatic imine (C=N–C) groups is 1. The van der Waals surface area contributed by atoms with Gasteiger partial charge in [0.15, 0.2) is 11.8 Å². The zero-order valence-electron chi connectivity index (χ0n) is 18.1. The summed E-state index contributed by atoms with van der Waals surface area (Å²) in [7, 11) is 3.73. The van der Waals surface area contributed by atoms with Gasteiger partial charge in [0.05, 0.1) is 18.7 Å². The van der Waals surface area contributed by atoms with Crippen LogP contribution in [0.1, 0.15) is 28.3 Å². The van der Waals surface area contributed by atoms with E-state index in [-0.39, 0.29) is 24.0 Å². The minimum Gasteiger partial charge on any atom is -0.349 e. The number of halogens is 4. The van der Waals surface area contributed by atoms with Crippen LogP contribution in [0.5, 0.6) is 0 Å². The van der Waals surface area contributed by atoms with Gasteiger partial charge in [-0.2, -0.15) is 13.2 Å². The summed E-state index contributed by atoms with van der Waals surface area (Å²) in [6, 6.07) is 15.0. The zero-order valence-corrected chi connectivity index (χ0v) is 20.4. The molecule has 0 atom stereocenters. The highest BCUT2D eigenvalue weighted by Crippen LogP contribution is 2.29. The predicted molar refractivity (Wildman–Crippen MR) is 128 cm³/mol. The monoisotopic (exact) mass is 558 g/mol. The molecule has 1 N–H and O–H groups in total. The molecule has 3 aromatic rings. The molecular formula is C22H26F3IN6. The maximum absolute atomic E-state index is 12.8. The van der Waals surface area contributed by atoms with Crippen LogP contribution in [0.4, 0.5) is 13.2 Å². The number of hydrogen-bond acceptors (Lipinski definition) is 3. The van der Waals surface area contributed by atoms with Crippen molar-refractivity contribution >= 4 is 29.9 Å². The van der Waals surface area contributed by atoms with Crippen molar-refractivity contribution in [1.82, 2.24) is 25.0 Å². The van der Waals surface area contributed by atoms with E-state index in [1.54, 1.807) is 0 Å². The van der Waals surface area contributed by atoms with E-state index < -0.39 is 11.7 Å². The third-order valence-electron chi connectivity index (χ3n) is 4.90. The molecule has 0 amide bonds. The standard InChI is InChI=1S/C22H25F3N6.HI/c1-16-28-29-20(31(16)3)14-27-21(26-13-17-7-5-4-6-8-17)30(2)15-18-9-11-19(12-10-18)22(23,24)25;/h4-12H,13-15H2,1-3H3,(H,26,27);1H. The van der Waals surface area contributed by atoms with E-state index in [0.717, 1.165) is 34.9 Å². The van der Waals surface area contributed by atoms with E-state index in [1.165, 1.54) is 12.1 Å². The highest BCUT2D eigenvalue weighted by atomic mass is 127. The molecule has 0 aliphatic rings. The maximum atomic E-state index is 12.8. The summed E-state index contributed by atoms with van der Waals surface area (Å²) in [5.74, 6) is 2.18. The average Bonchev–Trinajstić information content (AvgIpc) is 3.06. The molecule has 0 saturated carbocycles. The summed E-state index contributed by atoms with van der Waals surface area (Å²) in [6.07, 6.45) is -4.34. The molecule has 0 radical (unpaired) electrons. The van der Waals surface area contributed by atoms with Gasteiger partial charge in [-0.1, -0.05) is 42.5 Å². The second-order valence-electron chi connectivity index (χ2n) is 7.25. The molecule has 172 valence electrons. The Morgan fingerprint density at radius 3 is 2.25 bits per heavy atom. The summed E-state index contributed by atoms with van der Waals surface area (Å²) in [5, 5.41) is 11.5. The Morgan fingerprint density at radius 1 is 1.03 bits per heavy atom. The lowest BCUT2D eigenvalue weighted by molar-refractivity contribution is -0.137. The minimum atomic E-state index is -4.34. The van der Waals surface area contributed by atoms with E-state index in [9.17, 15) is 13.2 Å². The second kappa shape index (κ2) is 11.3. The quantitative estimate of drug-likeness (QED) is 0.275. The Morgan fingerprint density at radius 2 is 1.69 bits per heavy atom. The molecule has 10 heteroatoms. The van der Waals surface area contributed by atoms with E-state index in [2.05, 4.69) is 15.5 Å². The maximum Gasteiger partial charge on any atom is 0.416 e. The number of hydrogen-bond donors (Lipinski definition) is 1. The molecule has 6 nitrogen and oxygen atoms in total. The van der Waals surface area contributed by atoms with Crippen molar-refractivity contribution in [3.05, 3.63) is 82.9 Å². The number of nitrogens with zero attached hydrogens (tertiary/aromatic N) is 5. The lowest BCUT2D eigenvalue weighted by Gasteiger charge is -2.23. The second-order valence-corrected chi connectivity index (χ2v) is 7.25. The number of guanidine groups is 1. The third kappa shape index (κ3) is 6.94. The predicted octanol–water partition coefficient (Wildman–Crippen LogP) is 4.54. The van der Waals surface area contributed by atoms with Crippen molar-refractivity contribution in [2.45, 2.75) is 32.7 Å². The Kier molecular flexibility index (Phi) is 9.05. The molecule has 0 spiro atoms. The van der Waals surface area contributed by atoms with Crippen molar-refractivity contribution in [2.24, 2.45) is 12.0 Å². The van der Waals surface area contributed by atoms with Crippen molar-refractivity contribution in [3.8, 4) is 0 Å². The van der Waals surface area contributed by atoms with Gasteiger partial charge in [-0.25, -0.2) is 4.99 Å². The lowest BCUT2D eigenvalue weighted by Crippen LogP contribution is -2.38. The van der Waals surface area contributed by atoms with Crippen molar-refractivity contribution in [3.63, 3.8) is 0 Å². The summed E-state index contributed by atoms with van der Waals surface area (Å²) in [5.41, 5.74) is 1.14. The smallest absolute Gasteiger partial charge is 0.349 e. The summed E-state index contributed by atoms with van der Waals surface area (Å²) in [4.78, 5) is 6.56. The van der Waals surface area contributed by atoms with Gasteiger partial charge >= 0.3 is 6.18 Å². The summed E-state index contributed by atoms with van der Waals surface area (Å²) < 4.78 is 40.3. The van der Waals surface area contributed by atoms with Crippen LogP contribution in [0.3, 0.4) is 0 Å². The fourth-order valence-corrected chi connectivity index (χ4v) is 2.97. The highest BCUT2D eigenvalue weighted by Gasteiger charge is 2.29. The van der Waals surface area contributed by atoms with Gasteiger partial charge in [0.25, 0.3) is 0 Å². The molecule has 0 saturated heterocycles. The Labute approximate surface area is 202 Å². The van der Waals surface area contributed by atoms with Gasteiger partial charge in [-0.05, 0) is 30.2 Å². The normalized spacial score (nSPS) is 11.8. The Hall–Kier alpha value is -2.63. The zero-order chi connectivity index (χ0) is 22.4. The van der Waals surface area contributed by atoms with Crippen LogP contribution in [-0.2, 0) is 32.9 Å². The molecule has 32 heavy (non-hydrogen) atoms. The summed E-state index contributed by atoms with van der Waals surface area (Å²) >= 11 is 0. The fourth-order valence-electron chi connectivity index (χ4n) is 2.97. The Bertz CT molecular complexity index is 1020. The summed E-state index contributed by atoms with van der Waals surface area (Å²) in [6.45, 7) is 3.16. The van der Waals surface area contributed by atoms with Gasteiger partial charge in [-0.15, -0.1) is 34.2 Å². The van der Waals surface area contributed by atoms with Crippen molar-refractivity contribution < 1.29 is 13.2 Å². The van der Waals surface area contributed by atoms with Gasteiger partial charge in [-0.3, -0.25) is 0 Å². The number of nitrogens with one attached hydrogen (secondary N) is 1. The number of alkyl halides is 3. The molecule has 0 unspecified atom stereocenters. The molecule has 0 bridgehead atoms. The number of benzene rings is 2. The van der Waals surface area contributed by atoms with Crippen LogP contribution < -0.4 is 5.32 Å². The van der Waals surface area contributed by atoms with Gasteiger partial charge in [0.2, 0.25) is 0 Å². The van der Waals surface area contributed by atoms with Crippen molar-refractivity contribution in [1.29, 1.82) is 0 Å². The molecule has 0 aliphatic carbocycles. The number of rotatable bonds is 6. The van der Waals surface area contributed by atoms with E-state index >= 15 is 0 Å². The molecule has 1 heterocycles. The van der Waals surface area contributed by atoms with Gasteiger partial charge in [0, 0.05) is 20.6 Å². The van der Waals surface area contributed by atoms with Crippen LogP contribution in [0.2, 0.25) is 0 Å². The van der Waals surface area contributed by atoms with Gasteiger partial charge in [0.1, 0.15) is 5.82 Å². The first-order valence-electron chi connectivity index (χ1n) is 9.78. The number of aryl methyl sites for hydroxylation is 1. The highest BCUT2D eigenvalue weighted by molar-refractivity contribution is 14.0. The number of aromatic nitrogens is 3. The largest absolute Gasteiger partial charge is 0.416 e. The van der Waals surface area contributed by atoms with Crippen LogP contribution in [-0.4, -0.2) is 32.7 Å². The van der Waals surface area contributed by atoms with Crippen LogP contribution >= 0.6 is 24.0 Å². The molecule has 0 aliphatic heterocycles.